The summed E-state index contributed by atoms with van der Waals surface area (Å²) in [4.78, 5) is 0. The van der Waals surface area contributed by atoms with Crippen LogP contribution in [0.2, 0.25) is 10.0 Å². The van der Waals surface area contributed by atoms with Crippen LogP contribution in [0.4, 0.5) is 0 Å². The first kappa shape index (κ1) is 16.3. The number of benzene rings is 2. The normalized spacial score (nSPS) is 13.9. The minimum Gasteiger partial charge on any atom is -0.395 e. The molecule has 0 spiro atoms. The van der Waals surface area contributed by atoms with Crippen molar-refractivity contribution in [2.75, 3.05) is 6.61 Å². The summed E-state index contributed by atoms with van der Waals surface area (Å²) in [7, 11) is 0. The zero-order chi connectivity index (χ0) is 15.2. The van der Waals surface area contributed by atoms with E-state index in [0.717, 1.165) is 12.0 Å². The number of aliphatic hydroxyl groups excluding tert-OH is 1. The number of nitrogens with one attached hydrogen (secondary N) is 1. The van der Waals surface area contributed by atoms with E-state index in [1.807, 2.05) is 37.3 Å². The standard InChI is InChI=1S/C17H19Cl2NO/c1-12(15-8-5-9-16(18)17(15)19)20-14(11-21)10-13-6-3-2-4-7-13/h2-9,12,14,20-21H,10-11H2,1H3/t12?,14-/m1/s1. The molecule has 0 aromatic heterocycles. The lowest BCUT2D eigenvalue weighted by atomic mass is 10.0. The summed E-state index contributed by atoms with van der Waals surface area (Å²) in [6, 6.07) is 15.7. The lowest BCUT2D eigenvalue weighted by Crippen LogP contribution is -2.36. The molecule has 0 amide bonds. The van der Waals surface area contributed by atoms with Crippen molar-refractivity contribution < 1.29 is 5.11 Å². The molecule has 0 saturated carbocycles. The monoisotopic (exact) mass is 323 g/mol. The van der Waals surface area contributed by atoms with E-state index in [0.29, 0.717) is 10.0 Å². The molecule has 0 radical (unpaired) electrons. The molecular weight excluding hydrogens is 305 g/mol. The maximum Gasteiger partial charge on any atom is 0.0639 e. The van der Waals surface area contributed by atoms with Crippen LogP contribution in [0.5, 0.6) is 0 Å². The second kappa shape index (κ2) is 7.81. The van der Waals surface area contributed by atoms with Gasteiger partial charge in [-0.05, 0) is 30.5 Å². The first-order chi connectivity index (χ1) is 10.1. The van der Waals surface area contributed by atoms with Gasteiger partial charge >= 0.3 is 0 Å². The topological polar surface area (TPSA) is 32.3 Å². The van der Waals surface area contributed by atoms with Gasteiger partial charge in [-0.3, -0.25) is 0 Å². The Bertz CT molecular complexity index is 574. The van der Waals surface area contributed by atoms with Gasteiger partial charge in [0.25, 0.3) is 0 Å². The summed E-state index contributed by atoms with van der Waals surface area (Å²) in [6.45, 7) is 2.09. The maximum atomic E-state index is 9.59. The van der Waals surface area contributed by atoms with E-state index in [1.165, 1.54) is 5.56 Å². The third-order valence-electron chi connectivity index (χ3n) is 3.48. The molecule has 0 bridgehead atoms. The van der Waals surface area contributed by atoms with Crippen molar-refractivity contribution in [1.29, 1.82) is 0 Å². The summed E-state index contributed by atoms with van der Waals surface area (Å²) >= 11 is 12.3. The third kappa shape index (κ3) is 4.45. The quantitative estimate of drug-likeness (QED) is 0.833. The Morgan fingerprint density at radius 1 is 1.05 bits per heavy atom. The zero-order valence-electron chi connectivity index (χ0n) is 11.9. The van der Waals surface area contributed by atoms with Crippen LogP contribution < -0.4 is 5.32 Å². The maximum absolute atomic E-state index is 9.59. The molecule has 112 valence electrons. The minimum atomic E-state index is -0.0301. The smallest absolute Gasteiger partial charge is 0.0639 e. The fraction of sp³-hybridized carbons (Fsp3) is 0.294. The van der Waals surface area contributed by atoms with Gasteiger partial charge in [0.15, 0.2) is 0 Å². The van der Waals surface area contributed by atoms with E-state index in [1.54, 1.807) is 6.07 Å². The third-order valence-corrected chi connectivity index (χ3v) is 4.31. The van der Waals surface area contributed by atoms with Gasteiger partial charge in [-0.25, -0.2) is 0 Å². The number of hydrogen-bond donors (Lipinski definition) is 2. The molecule has 2 aromatic rings. The highest BCUT2D eigenvalue weighted by Gasteiger charge is 2.16. The second-order valence-electron chi connectivity index (χ2n) is 5.10. The van der Waals surface area contributed by atoms with Gasteiger partial charge in [0, 0.05) is 12.1 Å². The van der Waals surface area contributed by atoms with Gasteiger partial charge in [-0.2, -0.15) is 0 Å². The second-order valence-corrected chi connectivity index (χ2v) is 5.89. The van der Waals surface area contributed by atoms with Gasteiger partial charge in [0.2, 0.25) is 0 Å². The van der Waals surface area contributed by atoms with Crippen LogP contribution >= 0.6 is 23.2 Å². The lowest BCUT2D eigenvalue weighted by Gasteiger charge is -2.23. The summed E-state index contributed by atoms with van der Waals surface area (Å²) in [6.07, 6.45) is 0.764. The summed E-state index contributed by atoms with van der Waals surface area (Å²) in [5.41, 5.74) is 2.13. The highest BCUT2D eigenvalue weighted by atomic mass is 35.5. The fourth-order valence-corrected chi connectivity index (χ4v) is 2.84. The highest BCUT2D eigenvalue weighted by molar-refractivity contribution is 6.42. The molecule has 2 atom stereocenters. The Morgan fingerprint density at radius 3 is 2.43 bits per heavy atom. The largest absolute Gasteiger partial charge is 0.395 e. The number of hydrogen-bond acceptors (Lipinski definition) is 2. The molecule has 1 unspecified atom stereocenters. The predicted molar refractivity (Wildman–Crippen MR) is 89.0 cm³/mol. The molecule has 2 rings (SSSR count). The van der Waals surface area contributed by atoms with Crippen LogP contribution in [-0.2, 0) is 6.42 Å². The van der Waals surface area contributed by atoms with Crippen LogP contribution in [0.25, 0.3) is 0 Å². The first-order valence-electron chi connectivity index (χ1n) is 6.96. The minimum absolute atomic E-state index is 0.0112. The zero-order valence-corrected chi connectivity index (χ0v) is 13.4. The van der Waals surface area contributed by atoms with Crippen LogP contribution in [0.3, 0.4) is 0 Å². The van der Waals surface area contributed by atoms with Crippen molar-refractivity contribution in [2.45, 2.75) is 25.4 Å². The van der Waals surface area contributed by atoms with Crippen molar-refractivity contribution in [3.8, 4) is 0 Å². The van der Waals surface area contributed by atoms with E-state index in [-0.39, 0.29) is 18.7 Å². The van der Waals surface area contributed by atoms with E-state index in [9.17, 15) is 5.11 Å². The fourth-order valence-electron chi connectivity index (χ4n) is 2.37. The van der Waals surface area contributed by atoms with Gasteiger partial charge in [0.1, 0.15) is 0 Å². The molecule has 4 heteroatoms. The van der Waals surface area contributed by atoms with Crippen LogP contribution in [0.1, 0.15) is 24.1 Å². The first-order valence-corrected chi connectivity index (χ1v) is 7.72. The van der Waals surface area contributed by atoms with Gasteiger partial charge in [-0.1, -0.05) is 65.7 Å². The molecule has 0 aliphatic carbocycles. The molecule has 2 nitrogen and oxygen atoms in total. The Hall–Kier alpha value is -1.06. The van der Waals surface area contributed by atoms with E-state index < -0.39 is 0 Å². The van der Waals surface area contributed by atoms with E-state index >= 15 is 0 Å². The Labute approximate surface area is 135 Å². The molecule has 0 fully saturated rings. The average Bonchev–Trinajstić information content (AvgIpc) is 2.50. The molecule has 0 heterocycles. The number of halogens is 2. The molecule has 0 aliphatic rings. The SMILES string of the molecule is CC(N[C@@H](CO)Cc1ccccc1)c1cccc(Cl)c1Cl. The highest BCUT2D eigenvalue weighted by Crippen LogP contribution is 2.30. The van der Waals surface area contributed by atoms with Crippen LogP contribution in [0.15, 0.2) is 48.5 Å². The Kier molecular flexibility index (Phi) is 6.07. The summed E-state index contributed by atoms with van der Waals surface area (Å²) in [5.74, 6) is 0. The van der Waals surface area contributed by atoms with E-state index in [2.05, 4.69) is 17.4 Å². The molecule has 21 heavy (non-hydrogen) atoms. The van der Waals surface area contributed by atoms with Crippen molar-refractivity contribution in [3.05, 3.63) is 69.7 Å². The van der Waals surface area contributed by atoms with Crippen molar-refractivity contribution in [2.24, 2.45) is 0 Å². The Balaban J connectivity index is 2.06. The predicted octanol–water partition coefficient (Wildman–Crippen LogP) is 4.25. The van der Waals surface area contributed by atoms with Gasteiger partial charge in [-0.15, -0.1) is 0 Å². The van der Waals surface area contributed by atoms with E-state index in [4.69, 9.17) is 23.2 Å². The molecule has 0 aliphatic heterocycles. The Morgan fingerprint density at radius 2 is 1.76 bits per heavy atom. The molecule has 2 N–H and O–H groups in total. The summed E-state index contributed by atoms with van der Waals surface area (Å²) in [5, 5.41) is 14.1. The average molecular weight is 324 g/mol. The van der Waals surface area contributed by atoms with Gasteiger partial charge in [0.05, 0.1) is 16.7 Å². The lowest BCUT2D eigenvalue weighted by molar-refractivity contribution is 0.232. The van der Waals surface area contributed by atoms with Gasteiger partial charge < -0.3 is 10.4 Å². The van der Waals surface area contributed by atoms with Crippen molar-refractivity contribution >= 4 is 23.2 Å². The molecule has 2 aromatic carbocycles. The molecular formula is C17H19Cl2NO. The van der Waals surface area contributed by atoms with Crippen molar-refractivity contribution in [3.63, 3.8) is 0 Å². The van der Waals surface area contributed by atoms with Crippen LogP contribution in [-0.4, -0.2) is 17.8 Å². The molecule has 0 saturated heterocycles. The van der Waals surface area contributed by atoms with Crippen LogP contribution in [0, 0.1) is 0 Å². The number of rotatable bonds is 6. The number of aliphatic hydroxyl groups is 1. The van der Waals surface area contributed by atoms with Crippen molar-refractivity contribution in [1.82, 2.24) is 5.32 Å². The summed E-state index contributed by atoms with van der Waals surface area (Å²) < 4.78 is 0.